The van der Waals surface area contributed by atoms with Crippen molar-refractivity contribution in [1.82, 2.24) is 5.32 Å². The van der Waals surface area contributed by atoms with Gasteiger partial charge in [-0.15, -0.1) is 0 Å². The molecule has 0 amide bonds. The summed E-state index contributed by atoms with van der Waals surface area (Å²) in [5, 5.41) is 3.84. The lowest BCUT2D eigenvalue weighted by Crippen LogP contribution is -2.33. The molecule has 1 heterocycles. The third-order valence-electron chi connectivity index (χ3n) is 3.07. The highest BCUT2D eigenvalue weighted by molar-refractivity contribution is 6.28. The van der Waals surface area contributed by atoms with E-state index < -0.39 is 0 Å². The van der Waals surface area contributed by atoms with Crippen LogP contribution in [-0.2, 0) is 6.54 Å². The number of furan rings is 1. The Bertz CT molecular complexity index is 304. The zero-order chi connectivity index (χ0) is 11.5. The second kappa shape index (κ2) is 5.04. The number of hydrogen-bond donors (Lipinski definition) is 1. The SMILES string of the molecule is CC(C)C(C)(C)CNCc1ccc(Cl)o1. The smallest absolute Gasteiger partial charge is 0.193 e. The molecule has 0 spiro atoms. The summed E-state index contributed by atoms with van der Waals surface area (Å²) in [5.74, 6) is 1.55. The molecule has 0 radical (unpaired) electrons. The third-order valence-corrected chi connectivity index (χ3v) is 3.27. The van der Waals surface area contributed by atoms with E-state index in [-0.39, 0.29) is 0 Å². The molecule has 0 unspecified atom stereocenters. The van der Waals surface area contributed by atoms with E-state index in [0.29, 0.717) is 16.6 Å². The van der Waals surface area contributed by atoms with Gasteiger partial charge < -0.3 is 9.73 Å². The van der Waals surface area contributed by atoms with E-state index in [2.05, 4.69) is 33.0 Å². The molecule has 15 heavy (non-hydrogen) atoms. The molecule has 3 heteroatoms. The van der Waals surface area contributed by atoms with Gasteiger partial charge in [-0.1, -0.05) is 27.7 Å². The van der Waals surface area contributed by atoms with Gasteiger partial charge in [0.05, 0.1) is 6.54 Å². The van der Waals surface area contributed by atoms with Crippen molar-refractivity contribution in [2.24, 2.45) is 11.3 Å². The highest BCUT2D eigenvalue weighted by atomic mass is 35.5. The van der Waals surface area contributed by atoms with Crippen LogP contribution in [0.25, 0.3) is 0 Å². The lowest BCUT2D eigenvalue weighted by molar-refractivity contribution is 0.235. The van der Waals surface area contributed by atoms with Gasteiger partial charge in [0.1, 0.15) is 5.76 Å². The Labute approximate surface area is 97.0 Å². The first kappa shape index (κ1) is 12.6. The van der Waals surface area contributed by atoms with E-state index in [9.17, 15) is 0 Å². The summed E-state index contributed by atoms with van der Waals surface area (Å²) in [5.41, 5.74) is 0.302. The standard InChI is InChI=1S/C12H20ClNO/c1-9(2)12(3,4)8-14-7-10-5-6-11(13)15-10/h5-6,9,14H,7-8H2,1-4H3. The Morgan fingerprint density at radius 1 is 1.40 bits per heavy atom. The fourth-order valence-corrected chi connectivity index (χ4v) is 1.32. The minimum absolute atomic E-state index is 0.302. The van der Waals surface area contributed by atoms with Crippen molar-refractivity contribution in [2.75, 3.05) is 6.54 Å². The molecule has 0 aliphatic rings. The van der Waals surface area contributed by atoms with Crippen molar-refractivity contribution < 1.29 is 4.42 Å². The summed E-state index contributed by atoms with van der Waals surface area (Å²) >= 11 is 5.69. The summed E-state index contributed by atoms with van der Waals surface area (Å²) in [4.78, 5) is 0. The predicted molar refractivity (Wildman–Crippen MR) is 64.0 cm³/mol. The van der Waals surface area contributed by atoms with Crippen LogP contribution >= 0.6 is 11.6 Å². The normalized spacial score (nSPS) is 12.4. The first-order valence-corrected chi connectivity index (χ1v) is 5.74. The zero-order valence-corrected chi connectivity index (χ0v) is 10.7. The van der Waals surface area contributed by atoms with E-state index in [1.54, 1.807) is 6.07 Å². The first-order valence-electron chi connectivity index (χ1n) is 5.37. The molecule has 0 saturated heterocycles. The minimum Gasteiger partial charge on any atom is -0.448 e. The van der Waals surface area contributed by atoms with Crippen LogP contribution in [0.2, 0.25) is 5.22 Å². The largest absolute Gasteiger partial charge is 0.448 e. The van der Waals surface area contributed by atoms with Gasteiger partial charge in [-0.05, 0) is 35.1 Å². The van der Waals surface area contributed by atoms with E-state index in [1.807, 2.05) is 6.07 Å². The van der Waals surface area contributed by atoms with Crippen LogP contribution in [0.4, 0.5) is 0 Å². The lowest BCUT2D eigenvalue weighted by atomic mass is 9.81. The Hall–Kier alpha value is -0.470. The van der Waals surface area contributed by atoms with Crippen LogP contribution in [0.5, 0.6) is 0 Å². The molecule has 0 aromatic carbocycles. The molecule has 1 N–H and O–H groups in total. The van der Waals surface area contributed by atoms with Crippen LogP contribution in [0.15, 0.2) is 16.5 Å². The summed E-state index contributed by atoms with van der Waals surface area (Å²) < 4.78 is 5.26. The highest BCUT2D eigenvalue weighted by Crippen LogP contribution is 2.24. The fourth-order valence-electron chi connectivity index (χ4n) is 1.16. The van der Waals surface area contributed by atoms with Crippen molar-refractivity contribution in [3.05, 3.63) is 23.1 Å². The topological polar surface area (TPSA) is 25.2 Å². The molecular weight excluding hydrogens is 210 g/mol. The number of hydrogen-bond acceptors (Lipinski definition) is 2. The average molecular weight is 230 g/mol. The van der Waals surface area contributed by atoms with Crippen LogP contribution in [0.1, 0.15) is 33.5 Å². The summed E-state index contributed by atoms with van der Waals surface area (Å²) in [7, 11) is 0. The summed E-state index contributed by atoms with van der Waals surface area (Å²) in [6.45, 7) is 10.7. The molecule has 86 valence electrons. The van der Waals surface area contributed by atoms with Crippen molar-refractivity contribution in [3.8, 4) is 0 Å². The molecule has 1 aromatic rings. The maximum absolute atomic E-state index is 5.69. The van der Waals surface area contributed by atoms with Crippen molar-refractivity contribution >= 4 is 11.6 Å². The number of nitrogens with one attached hydrogen (secondary N) is 1. The molecule has 0 aliphatic heterocycles. The van der Waals surface area contributed by atoms with Crippen molar-refractivity contribution in [3.63, 3.8) is 0 Å². The summed E-state index contributed by atoms with van der Waals surface area (Å²) in [6, 6.07) is 3.67. The monoisotopic (exact) mass is 229 g/mol. The maximum atomic E-state index is 5.69. The van der Waals surface area contributed by atoms with E-state index in [0.717, 1.165) is 18.8 Å². The van der Waals surface area contributed by atoms with Crippen LogP contribution in [0.3, 0.4) is 0 Å². The molecule has 0 saturated carbocycles. The van der Waals surface area contributed by atoms with Crippen molar-refractivity contribution in [1.29, 1.82) is 0 Å². The number of rotatable bonds is 5. The molecule has 0 aliphatic carbocycles. The molecule has 0 fully saturated rings. The van der Waals surface area contributed by atoms with Crippen LogP contribution in [-0.4, -0.2) is 6.54 Å². The molecule has 1 rings (SSSR count). The second-order valence-corrected chi connectivity index (χ2v) is 5.33. The molecule has 2 nitrogen and oxygen atoms in total. The van der Waals surface area contributed by atoms with Crippen LogP contribution < -0.4 is 5.32 Å². The maximum Gasteiger partial charge on any atom is 0.193 e. The van der Waals surface area contributed by atoms with Gasteiger partial charge in [0.2, 0.25) is 0 Å². The Morgan fingerprint density at radius 3 is 2.53 bits per heavy atom. The Kier molecular flexibility index (Phi) is 4.23. The van der Waals surface area contributed by atoms with Gasteiger partial charge in [0.25, 0.3) is 0 Å². The quantitative estimate of drug-likeness (QED) is 0.833. The Morgan fingerprint density at radius 2 is 2.07 bits per heavy atom. The van der Waals surface area contributed by atoms with E-state index in [4.69, 9.17) is 16.0 Å². The van der Waals surface area contributed by atoms with Gasteiger partial charge in [0, 0.05) is 6.54 Å². The predicted octanol–water partition coefficient (Wildman–Crippen LogP) is 3.70. The molecular formula is C12H20ClNO. The highest BCUT2D eigenvalue weighted by Gasteiger charge is 2.21. The van der Waals surface area contributed by atoms with Crippen LogP contribution in [0, 0.1) is 11.3 Å². The van der Waals surface area contributed by atoms with Gasteiger partial charge in [0.15, 0.2) is 5.22 Å². The summed E-state index contributed by atoms with van der Waals surface area (Å²) in [6.07, 6.45) is 0. The average Bonchev–Trinajstić information content (AvgIpc) is 2.51. The number of halogens is 1. The molecule has 0 atom stereocenters. The Balaban J connectivity index is 2.33. The van der Waals surface area contributed by atoms with Gasteiger partial charge in [-0.2, -0.15) is 0 Å². The molecule has 0 bridgehead atoms. The molecule has 1 aromatic heterocycles. The lowest BCUT2D eigenvalue weighted by Gasteiger charge is -2.29. The first-order chi connectivity index (χ1) is 6.92. The third kappa shape index (κ3) is 3.88. The fraction of sp³-hybridized carbons (Fsp3) is 0.667. The minimum atomic E-state index is 0.302. The van der Waals surface area contributed by atoms with E-state index >= 15 is 0 Å². The van der Waals surface area contributed by atoms with E-state index in [1.165, 1.54) is 0 Å². The van der Waals surface area contributed by atoms with Crippen molar-refractivity contribution in [2.45, 2.75) is 34.2 Å². The zero-order valence-electron chi connectivity index (χ0n) is 9.93. The van der Waals surface area contributed by atoms with Gasteiger partial charge in [-0.3, -0.25) is 0 Å². The van der Waals surface area contributed by atoms with Gasteiger partial charge >= 0.3 is 0 Å². The van der Waals surface area contributed by atoms with Gasteiger partial charge in [-0.25, -0.2) is 0 Å². The second-order valence-electron chi connectivity index (χ2n) is 4.95.